The summed E-state index contributed by atoms with van der Waals surface area (Å²) < 4.78 is 0. The van der Waals surface area contributed by atoms with Gasteiger partial charge in [-0.3, -0.25) is 4.79 Å². The number of hydrogen-bond acceptors (Lipinski definition) is 2. The van der Waals surface area contributed by atoms with Crippen molar-refractivity contribution in [3.63, 3.8) is 0 Å². The Balaban J connectivity index is 1.73. The molecule has 3 nitrogen and oxygen atoms in total. The Morgan fingerprint density at radius 2 is 2.00 bits per heavy atom. The molecule has 1 spiro atoms. The Hall–Kier alpha value is -0.570. The predicted molar refractivity (Wildman–Crippen MR) is 63.0 cm³/mol. The summed E-state index contributed by atoms with van der Waals surface area (Å²) in [6.07, 6.45) is 5.00. The number of amides is 1. The van der Waals surface area contributed by atoms with Gasteiger partial charge in [0.2, 0.25) is 5.91 Å². The van der Waals surface area contributed by atoms with Crippen LogP contribution in [0.25, 0.3) is 0 Å². The zero-order valence-electron chi connectivity index (χ0n) is 10.5. The fourth-order valence-corrected chi connectivity index (χ4v) is 3.52. The average Bonchev–Trinajstić information content (AvgIpc) is 2.17. The van der Waals surface area contributed by atoms with Crippen LogP contribution < -0.4 is 0 Å². The number of rotatable bonds is 4. The Morgan fingerprint density at radius 1 is 1.38 bits per heavy atom. The lowest BCUT2D eigenvalue weighted by molar-refractivity contribution is -0.172. The van der Waals surface area contributed by atoms with E-state index < -0.39 is 0 Å². The first-order chi connectivity index (χ1) is 7.52. The molecule has 92 valence electrons. The Labute approximate surface area is 97.8 Å². The van der Waals surface area contributed by atoms with E-state index in [0.29, 0.717) is 24.3 Å². The lowest BCUT2D eigenvalue weighted by Gasteiger charge is -2.63. The van der Waals surface area contributed by atoms with E-state index in [-0.39, 0.29) is 5.41 Å². The highest BCUT2D eigenvalue weighted by Gasteiger charge is 2.58. The number of unbranched alkanes of at least 4 members (excludes halogenated alkanes) is 1. The van der Waals surface area contributed by atoms with Gasteiger partial charge in [-0.1, -0.05) is 20.3 Å². The number of likely N-dealkylation sites (tertiary alicyclic amines) is 1. The van der Waals surface area contributed by atoms with Gasteiger partial charge in [0.1, 0.15) is 0 Å². The first kappa shape index (κ1) is 11.9. The fraction of sp³-hybridized carbons (Fsp3) is 0.923. The van der Waals surface area contributed by atoms with Crippen LogP contribution in [0.4, 0.5) is 0 Å². The second-order valence-electron chi connectivity index (χ2n) is 6.18. The number of carbonyl (C=O) groups excluding carboxylic acids is 1. The topological polar surface area (TPSA) is 40.5 Å². The van der Waals surface area contributed by atoms with Crippen LogP contribution >= 0.6 is 0 Å². The molecule has 0 aromatic carbocycles. The molecule has 3 heteroatoms. The Bertz CT molecular complexity index is 274. The van der Waals surface area contributed by atoms with Crippen molar-refractivity contribution < 1.29 is 9.90 Å². The van der Waals surface area contributed by atoms with Gasteiger partial charge in [0.25, 0.3) is 0 Å². The third-order valence-corrected chi connectivity index (χ3v) is 4.13. The van der Waals surface area contributed by atoms with Crippen molar-refractivity contribution in [2.45, 2.75) is 46.0 Å². The van der Waals surface area contributed by atoms with Gasteiger partial charge in [-0.2, -0.15) is 0 Å². The molecule has 2 aliphatic rings. The molecule has 0 unspecified atom stereocenters. The zero-order chi connectivity index (χ0) is 11.8. The van der Waals surface area contributed by atoms with Crippen LogP contribution in [0.2, 0.25) is 0 Å². The van der Waals surface area contributed by atoms with E-state index in [4.69, 9.17) is 0 Å². The lowest BCUT2D eigenvalue weighted by atomic mass is 9.50. The molecule has 1 aliphatic carbocycles. The number of nitrogens with zero attached hydrogens (tertiary/aromatic N) is 1. The molecule has 1 heterocycles. The highest BCUT2D eigenvalue weighted by molar-refractivity contribution is 5.77. The SMILES string of the molecule is CCCCC(=O)N1CC2(C1)CC(C)(CO)C2. The summed E-state index contributed by atoms with van der Waals surface area (Å²) in [6, 6.07) is 0. The van der Waals surface area contributed by atoms with Crippen LogP contribution in [-0.2, 0) is 4.79 Å². The van der Waals surface area contributed by atoms with Crippen molar-refractivity contribution in [3.05, 3.63) is 0 Å². The number of hydrogen-bond donors (Lipinski definition) is 1. The summed E-state index contributed by atoms with van der Waals surface area (Å²) in [4.78, 5) is 13.7. The van der Waals surface area contributed by atoms with E-state index in [1.54, 1.807) is 0 Å². The summed E-state index contributed by atoms with van der Waals surface area (Å²) in [6.45, 7) is 6.41. The number of aliphatic hydroxyl groups is 1. The largest absolute Gasteiger partial charge is 0.396 e. The molecule has 1 saturated carbocycles. The molecular formula is C13H23NO2. The molecule has 2 fully saturated rings. The number of aliphatic hydroxyl groups excluding tert-OH is 1. The molecule has 0 radical (unpaired) electrons. The molecular weight excluding hydrogens is 202 g/mol. The zero-order valence-corrected chi connectivity index (χ0v) is 10.5. The van der Waals surface area contributed by atoms with E-state index in [1.165, 1.54) is 0 Å². The van der Waals surface area contributed by atoms with E-state index in [2.05, 4.69) is 13.8 Å². The summed E-state index contributed by atoms with van der Waals surface area (Å²) >= 11 is 0. The van der Waals surface area contributed by atoms with Crippen LogP contribution in [0, 0.1) is 10.8 Å². The minimum atomic E-state index is 0.137. The molecule has 1 saturated heterocycles. The maximum absolute atomic E-state index is 11.7. The molecule has 2 rings (SSSR count). The second kappa shape index (κ2) is 4.02. The normalized spacial score (nSPS) is 25.1. The smallest absolute Gasteiger partial charge is 0.222 e. The standard InChI is InChI=1S/C13H23NO2/c1-3-4-5-11(16)14-8-13(9-14)6-12(2,7-13)10-15/h15H,3-10H2,1-2H3. The fourth-order valence-electron chi connectivity index (χ4n) is 3.52. The van der Waals surface area contributed by atoms with Crippen LogP contribution in [0.3, 0.4) is 0 Å². The third-order valence-electron chi connectivity index (χ3n) is 4.13. The molecule has 0 aromatic heterocycles. The van der Waals surface area contributed by atoms with Gasteiger partial charge in [-0.25, -0.2) is 0 Å². The van der Waals surface area contributed by atoms with Gasteiger partial charge >= 0.3 is 0 Å². The van der Waals surface area contributed by atoms with E-state index in [0.717, 1.165) is 38.8 Å². The van der Waals surface area contributed by atoms with Gasteiger partial charge in [0, 0.05) is 31.5 Å². The summed E-state index contributed by atoms with van der Waals surface area (Å²) in [5, 5.41) is 9.21. The van der Waals surface area contributed by atoms with Crippen molar-refractivity contribution in [2.75, 3.05) is 19.7 Å². The Kier molecular flexibility index (Phi) is 2.99. The first-order valence-corrected chi connectivity index (χ1v) is 6.41. The van der Waals surface area contributed by atoms with Gasteiger partial charge in [-0.15, -0.1) is 0 Å². The van der Waals surface area contributed by atoms with Crippen LogP contribution in [-0.4, -0.2) is 35.6 Å². The lowest BCUT2D eigenvalue weighted by Crippen LogP contribution is -2.66. The van der Waals surface area contributed by atoms with E-state index in [9.17, 15) is 9.90 Å². The Morgan fingerprint density at radius 3 is 2.50 bits per heavy atom. The van der Waals surface area contributed by atoms with Crippen LogP contribution in [0.15, 0.2) is 0 Å². The van der Waals surface area contributed by atoms with Crippen molar-refractivity contribution in [1.82, 2.24) is 4.90 Å². The van der Waals surface area contributed by atoms with Gasteiger partial charge < -0.3 is 10.0 Å². The minimum absolute atomic E-state index is 0.137. The highest BCUT2D eigenvalue weighted by atomic mass is 16.3. The maximum Gasteiger partial charge on any atom is 0.222 e. The van der Waals surface area contributed by atoms with Crippen molar-refractivity contribution in [1.29, 1.82) is 0 Å². The first-order valence-electron chi connectivity index (χ1n) is 6.41. The maximum atomic E-state index is 11.7. The number of carbonyl (C=O) groups is 1. The van der Waals surface area contributed by atoms with E-state index >= 15 is 0 Å². The predicted octanol–water partition coefficient (Wildman–Crippen LogP) is 1.80. The molecule has 0 atom stereocenters. The molecule has 0 bridgehead atoms. The third kappa shape index (κ3) is 1.97. The van der Waals surface area contributed by atoms with Crippen molar-refractivity contribution in [2.24, 2.45) is 10.8 Å². The monoisotopic (exact) mass is 225 g/mol. The van der Waals surface area contributed by atoms with Crippen LogP contribution in [0.5, 0.6) is 0 Å². The molecule has 1 N–H and O–H groups in total. The molecule has 1 amide bonds. The molecule has 1 aliphatic heterocycles. The van der Waals surface area contributed by atoms with Crippen molar-refractivity contribution >= 4 is 5.91 Å². The quantitative estimate of drug-likeness (QED) is 0.792. The summed E-state index contributed by atoms with van der Waals surface area (Å²) in [5.41, 5.74) is 0.512. The van der Waals surface area contributed by atoms with Gasteiger partial charge in [-0.05, 0) is 24.7 Å². The molecule has 0 aromatic rings. The van der Waals surface area contributed by atoms with Gasteiger partial charge in [0.05, 0.1) is 0 Å². The molecule has 16 heavy (non-hydrogen) atoms. The van der Waals surface area contributed by atoms with Crippen LogP contribution in [0.1, 0.15) is 46.0 Å². The summed E-state index contributed by atoms with van der Waals surface area (Å²) in [7, 11) is 0. The van der Waals surface area contributed by atoms with Crippen molar-refractivity contribution in [3.8, 4) is 0 Å². The van der Waals surface area contributed by atoms with E-state index in [1.807, 2.05) is 4.90 Å². The van der Waals surface area contributed by atoms with Gasteiger partial charge in [0.15, 0.2) is 0 Å². The second-order valence-corrected chi connectivity index (χ2v) is 6.18. The average molecular weight is 225 g/mol. The highest BCUT2D eigenvalue weighted by Crippen LogP contribution is 2.58. The summed E-state index contributed by atoms with van der Waals surface area (Å²) in [5.74, 6) is 0.324. The minimum Gasteiger partial charge on any atom is -0.396 e.